The van der Waals surface area contributed by atoms with Gasteiger partial charge in [0, 0.05) is 0 Å². The first-order valence-corrected chi connectivity index (χ1v) is 7.39. The molecule has 0 heterocycles. The molecule has 1 unspecified atom stereocenters. The van der Waals surface area contributed by atoms with Crippen LogP contribution in [0.4, 0.5) is 4.39 Å². The molecule has 4 heteroatoms. The largest absolute Gasteiger partial charge is 0.464 e. The lowest BCUT2D eigenvalue weighted by atomic mass is 9.97. The SMILES string of the molecule is CCOC(=O)C(F)[C@H](N)c1ccc2c(c1)Cc1ccccc1-2. The lowest BCUT2D eigenvalue weighted by Crippen LogP contribution is -2.31. The molecule has 22 heavy (non-hydrogen) atoms. The van der Waals surface area contributed by atoms with Crippen molar-refractivity contribution in [3.63, 3.8) is 0 Å². The van der Waals surface area contributed by atoms with Crippen LogP contribution >= 0.6 is 0 Å². The minimum absolute atomic E-state index is 0.144. The summed E-state index contributed by atoms with van der Waals surface area (Å²) < 4.78 is 18.8. The van der Waals surface area contributed by atoms with Gasteiger partial charge in [0.25, 0.3) is 0 Å². The van der Waals surface area contributed by atoms with Crippen molar-refractivity contribution < 1.29 is 13.9 Å². The molecule has 114 valence electrons. The highest BCUT2D eigenvalue weighted by atomic mass is 19.1. The molecule has 0 saturated carbocycles. The molecule has 3 nitrogen and oxygen atoms in total. The van der Waals surface area contributed by atoms with Crippen LogP contribution in [0.2, 0.25) is 0 Å². The number of halogens is 1. The van der Waals surface area contributed by atoms with Gasteiger partial charge in [-0.05, 0) is 41.2 Å². The summed E-state index contributed by atoms with van der Waals surface area (Å²) in [5.41, 5.74) is 11.2. The Bertz CT molecular complexity index is 714. The zero-order chi connectivity index (χ0) is 15.7. The van der Waals surface area contributed by atoms with Crippen molar-refractivity contribution >= 4 is 5.97 Å². The van der Waals surface area contributed by atoms with Crippen LogP contribution in [0.1, 0.15) is 29.7 Å². The van der Waals surface area contributed by atoms with E-state index in [0.717, 1.165) is 17.5 Å². The molecular formula is C18H18FNO2. The van der Waals surface area contributed by atoms with E-state index in [1.165, 1.54) is 11.1 Å². The molecule has 3 rings (SSSR count). The Balaban J connectivity index is 1.86. The third-order valence-electron chi connectivity index (χ3n) is 4.03. The highest BCUT2D eigenvalue weighted by Crippen LogP contribution is 2.37. The highest BCUT2D eigenvalue weighted by molar-refractivity contribution is 5.78. The Hall–Kier alpha value is -2.20. The number of alkyl halides is 1. The summed E-state index contributed by atoms with van der Waals surface area (Å²) in [7, 11) is 0. The summed E-state index contributed by atoms with van der Waals surface area (Å²) in [4.78, 5) is 11.5. The molecular weight excluding hydrogens is 281 g/mol. The van der Waals surface area contributed by atoms with Gasteiger partial charge in [-0.15, -0.1) is 0 Å². The van der Waals surface area contributed by atoms with Gasteiger partial charge < -0.3 is 10.5 Å². The topological polar surface area (TPSA) is 52.3 Å². The van der Waals surface area contributed by atoms with E-state index in [-0.39, 0.29) is 6.61 Å². The number of carbonyl (C=O) groups excluding carboxylic acids is 1. The number of carbonyl (C=O) groups is 1. The van der Waals surface area contributed by atoms with Crippen LogP contribution in [0.15, 0.2) is 42.5 Å². The molecule has 0 aromatic heterocycles. The average Bonchev–Trinajstić information content (AvgIpc) is 2.91. The summed E-state index contributed by atoms with van der Waals surface area (Å²) >= 11 is 0. The molecule has 1 aliphatic rings. The monoisotopic (exact) mass is 299 g/mol. The van der Waals surface area contributed by atoms with Crippen LogP contribution < -0.4 is 5.73 Å². The van der Waals surface area contributed by atoms with E-state index in [9.17, 15) is 9.18 Å². The Labute approximate surface area is 128 Å². The molecule has 0 fully saturated rings. The average molecular weight is 299 g/mol. The maximum atomic E-state index is 14.1. The van der Waals surface area contributed by atoms with Crippen molar-refractivity contribution in [3.05, 3.63) is 59.2 Å². The Morgan fingerprint density at radius 3 is 2.73 bits per heavy atom. The molecule has 2 atom stereocenters. The summed E-state index contributed by atoms with van der Waals surface area (Å²) in [5, 5.41) is 0. The molecule has 0 bridgehead atoms. The highest BCUT2D eigenvalue weighted by Gasteiger charge is 2.29. The molecule has 0 spiro atoms. The maximum absolute atomic E-state index is 14.1. The van der Waals surface area contributed by atoms with E-state index in [2.05, 4.69) is 12.1 Å². The number of nitrogens with two attached hydrogens (primary N) is 1. The Morgan fingerprint density at radius 2 is 1.95 bits per heavy atom. The zero-order valence-electron chi connectivity index (χ0n) is 12.4. The molecule has 0 radical (unpaired) electrons. The van der Waals surface area contributed by atoms with Crippen molar-refractivity contribution in [2.45, 2.75) is 25.6 Å². The Kier molecular flexibility index (Phi) is 3.94. The van der Waals surface area contributed by atoms with Gasteiger partial charge in [-0.2, -0.15) is 0 Å². The lowest BCUT2D eigenvalue weighted by molar-refractivity contribution is -0.149. The molecule has 2 aromatic carbocycles. The minimum atomic E-state index is -1.85. The summed E-state index contributed by atoms with van der Waals surface area (Å²) in [6.45, 7) is 1.79. The van der Waals surface area contributed by atoms with Crippen molar-refractivity contribution in [1.82, 2.24) is 0 Å². The first-order chi connectivity index (χ1) is 10.6. The lowest BCUT2D eigenvalue weighted by Gasteiger charge is -2.17. The van der Waals surface area contributed by atoms with Crippen LogP contribution in [0.25, 0.3) is 11.1 Å². The van der Waals surface area contributed by atoms with Gasteiger partial charge in [0.1, 0.15) is 0 Å². The van der Waals surface area contributed by atoms with Crippen molar-refractivity contribution in [2.75, 3.05) is 6.61 Å². The van der Waals surface area contributed by atoms with Gasteiger partial charge in [0.2, 0.25) is 6.17 Å². The third-order valence-corrected chi connectivity index (χ3v) is 4.03. The summed E-state index contributed by atoms with van der Waals surface area (Å²) in [5.74, 6) is -0.904. The second-order valence-corrected chi connectivity index (χ2v) is 5.43. The van der Waals surface area contributed by atoms with Crippen LogP contribution in [0, 0.1) is 0 Å². The first kappa shape index (κ1) is 14.7. The third kappa shape index (κ3) is 2.50. The second kappa shape index (κ2) is 5.89. The maximum Gasteiger partial charge on any atom is 0.342 e. The van der Waals surface area contributed by atoms with Crippen LogP contribution in [-0.4, -0.2) is 18.7 Å². The molecule has 2 aromatic rings. The standard InChI is InChI=1S/C18H18FNO2/c1-2-22-18(21)16(19)17(20)12-7-8-15-13(10-12)9-11-5-3-4-6-14(11)15/h3-8,10,16-17H,2,9,20H2,1H3/t16?,17-/m1/s1. The van der Waals surface area contributed by atoms with Gasteiger partial charge in [-0.3, -0.25) is 0 Å². The number of fused-ring (bicyclic) bond motifs is 3. The predicted molar refractivity (Wildman–Crippen MR) is 83.1 cm³/mol. The van der Waals surface area contributed by atoms with Crippen molar-refractivity contribution in [2.24, 2.45) is 5.73 Å². The normalized spacial score (nSPS) is 14.9. The number of benzene rings is 2. The van der Waals surface area contributed by atoms with E-state index < -0.39 is 18.2 Å². The van der Waals surface area contributed by atoms with Gasteiger partial charge in [-0.25, -0.2) is 9.18 Å². The van der Waals surface area contributed by atoms with E-state index in [1.54, 1.807) is 13.0 Å². The quantitative estimate of drug-likeness (QED) is 0.753. The number of esters is 1. The van der Waals surface area contributed by atoms with Crippen LogP contribution in [0.3, 0.4) is 0 Å². The van der Waals surface area contributed by atoms with Crippen LogP contribution in [0.5, 0.6) is 0 Å². The van der Waals surface area contributed by atoms with Crippen molar-refractivity contribution in [1.29, 1.82) is 0 Å². The van der Waals surface area contributed by atoms with Gasteiger partial charge in [0.05, 0.1) is 12.6 Å². The second-order valence-electron chi connectivity index (χ2n) is 5.43. The summed E-state index contributed by atoms with van der Waals surface area (Å²) in [6, 6.07) is 12.8. The zero-order valence-corrected chi connectivity index (χ0v) is 12.4. The fraction of sp³-hybridized carbons (Fsp3) is 0.278. The number of hydrogen-bond acceptors (Lipinski definition) is 3. The van der Waals surface area contributed by atoms with E-state index in [0.29, 0.717) is 5.56 Å². The number of hydrogen-bond donors (Lipinski definition) is 1. The summed E-state index contributed by atoms with van der Waals surface area (Å²) in [6.07, 6.45) is -1.04. The van der Waals surface area contributed by atoms with Gasteiger partial charge in [-0.1, -0.05) is 42.5 Å². The Morgan fingerprint density at radius 1 is 1.23 bits per heavy atom. The van der Waals surface area contributed by atoms with E-state index in [4.69, 9.17) is 10.5 Å². The molecule has 1 aliphatic carbocycles. The van der Waals surface area contributed by atoms with Crippen LogP contribution in [-0.2, 0) is 16.0 Å². The van der Waals surface area contributed by atoms with Gasteiger partial charge >= 0.3 is 5.97 Å². The molecule has 0 aliphatic heterocycles. The van der Waals surface area contributed by atoms with Crippen molar-refractivity contribution in [3.8, 4) is 11.1 Å². The van der Waals surface area contributed by atoms with E-state index >= 15 is 0 Å². The molecule has 2 N–H and O–H groups in total. The molecule has 0 amide bonds. The van der Waals surface area contributed by atoms with Gasteiger partial charge in [0.15, 0.2) is 0 Å². The number of ether oxygens (including phenoxy) is 1. The molecule has 0 saturated heterocycles. The minimum Gasteiger partial charge on any atom is -0.464 e. The fourth-order valence-electron chi connectivity index (χ4n) is 2.91. The fourth-order valence-corrected chi connectivity index (χ4v) is 2.91. The predicted octanol–water partition coefficient (Wildman–Crippen LogP) is 3.16. The first-order valence-electron chi connectivity index (χ1n) is 7.39. The smallest absolute Gasteiger partial charge is 0.342 e. The number of rotatable bonds is 4. The van der Waals surface area contributed by atoms with E-state index in [1.807, 2.05) is 24.3 Å².